The molecule has 1 aliphatic heterocycles. The van der Waals surface area contributed by atoms with E-state index in [9.17, 15) is 9.18 Å². The highest BCUT2D eigenvalue weighted by Gasteiger charge is 2.39. The van der Waals surface area contributed by atoms with Gasteiger partial charge in [-0.2, -0.15) is 0 Å². The zero-order chi connectivity index (χ0) is 15.3. The van der Waals surface area contributed by atoms with E-state index < -0.39 is 11.8 Å². The molecule has 0 amide bonds. The van der Waals surface area contributed by atoms with E-state index in [4.69, 9.17) is 9.84 Å². The van der Waals surface area contributed by atoms with Gasteiger partial charge in [0.05, 0.1) is 28.8 Å². The van der Waals surface area contributed by atoms with Crippen molar-refractivity contribution in [2.75, 3.05) is 0 Å². The topological polar surface area (TPSA) is 75.2 Å². The van der Waals surface area contributed by atoms with Gasteiger partial charge < -0.3 is 14.8 Å². The lowest BCUT2D eigenvalue weighted by atomic mass is 9.89. The summed E-state index contributed by atoms with van der Waals surface area (Å²) in [5.41, 5.74) is 0.604. The van der Waals surface area contributed by atoms with Crippen LogP contribution in [0.25, 0.3) is 11.0 Å². The van der Waals surface area contributed by atoms with Gasteiger partial charge in [0.2, 0.25) is 0 Å². The number of aromatic carboxylic acids is 1. The molecule has 1 saturated heterocycles. The molecule has 4 unspecified atom stereocenters. The summed E-state index contributed by atoms with van der Waals surface area (Å²) in [5.74, 6) is -0.967. The highest BCUT2D eigenvalue weighted by molar-refractivity contribution is 5.92. The molecule has 6 heteroatoms. The molecule has 112 valence electrons. The Kier molecular flexibility index (Phi) is 3.20. The molecule has 2 heterocycles. The van der Waals surface area contributed by atoms with E-state index in [2.05, 4.69) is 16.9 Å². The number of aromatic nitrogens is 2. The number of halogens is 1. The molecular formula is C15H17FN2O3. The molecule has 21 heavy (non-hydrogen) atoms. The van der Waals surface area contributed by atoms with Gasteiger partial charge in [-0.3, -0.25) is 0 Å². The predicted molar refractivity (Wildman–Crippen MR) is 74.9 cm³/mol. The zero-order valence-electron chi connectivity index (χ0n) is 12.1. The monoisotopic (exact) mass is 292 g/mol. The van der Waals surface area contributed by atoms with Crippen LogP contribution in [0.3, 0.4) is 0 Å². The van der Waals surface area contributed by atoms with Crippen LogP contribution in [0.1, 0.15) is 42.9 Å². The first-order chi connectivity index (χ1) is 9.88. The van der Waals surface area contributed by atoms with Gasteiger partial charge in [-0.15, -0.1) is 0 Å². The van der Waals surface area contributed by atoms with Crippen molar-refractivity contribution in [2.24, 2.45) is 5.92 Å². The molecule has 3 rings (SSSR count). The van der Waals surface area contributed by atoms with Crippen molar-refractivity contribution in [1.29, 1.82) is 0 Å². The molecular weight excluding hydrogens is 275 g/mol. The van der Waals surface area contributed by atoms with Crippen LogP contribution >= 0.6 is 0 Å². The van der Waals surface area contributed by atoms with Crippen molar-refractivity contribution in [3.05, 3.63) is 29.3 Å². The Morgan fingerprint density at radius 3 is 2.62 bits per heavy atom. The lowest BCUT2D eigenvalue weighted by Crippen LogP contribution is -2.16. The molecule has 1 aliphatic rings. The number of rotatable bonds is 2. The number of hydrogen-bond acceptors (Lipinski definition) is 3. The quantitative estimate of drug-likeness (QED) is 0.892. The van der Waals surface area contributed by atoms with Gasteiger partial charge in [-0.05, 0) is 25.8 Å². The molecule has 0 spiro atoms. The van der Waals surface area contributed by atoms with Crippen molar-refractivity contribution < 1.29 is 19.0 Å². The van der Waals surface area contributed by atoms with E-state index in [0.29, 0.717) is 11.0 Å². The fraction of sp³-hybridized carbons (Fsp3) is 0.467. The van der Waals surface area contributed by atoms with Crippen LogP contribution in [0.5, 0.6) is 0 Å². The van der Waals surface area contributed by atoms with Crippen LogP contribution in [-0.2, 0) is 4.74 Å². The van der Waals surface area contributed by atoms with Gasteiger partial charge in [0.25, 0.3) is 0 Å². The molecule has 4 atom stereocenters. The molecule has 1 aromatic heterocycles. The van der Waals surface area contributed by atoms with Crippen LogP contribution in [0, 0.1) is 11.7 Å². The van der Waals surface area contributed by atoms with Crippen LogP contribution in [0.2, 0.25) is 0 Å². The second-order valence-corrected chi connectivity index (χ2v) is 5.71. The third-order valence-corrected chi connectivity index (χ3v) is 4.38. The molecule has 5 nitrogen and oxygen atoms in total. The summed E-state index contributed by atoms with van der Waals surface area (Å²) in [7, 11) is 0. The van der Waals surface area contributed by atoms with Crippen molar-refractivity contribution >= 4 is 17.0 Å². The third-order valence-electron chi connectivity index (χ3n) is 4.38. The molecule has 0 aliphatic carbocycles. The largest absolute Gasteiger partial charge is 0.478 e. The molecule has 2 aromatic rings. The Balaban J connectivity index is 2.07. The number of nitrogens with zero attached hydrogens (tertiary/aromatic N) is 1. The highest BCUT2D eigenvalue weighted by Crippen LogP contribution is 2.39. The van der Waals surface area contributed by atoms with Crippen LogP contribution in [0.15, 0.2) is 12.1 Å². The van der Waals surface area contributed by atoms with Gasteiger partial charge in [-0.1, -0.05) is 6.92 Å². The minimum atomic E-state index is -1.29. The molecule has 1 fully saturated rings. The van der Waals surface area contributed by atoms with E-state index in [-0.39, 0.29) is 29.6 Å². The molecule has 0 bridgehead atoms. The van der Waals surface area contributed by atoms with Gasteiger partial charge >= 0.3 is 5.97 Å². The van der Waals surface area contributed by atoms with Gasteiger partial charge in [0, 0.05) is 12.0 Å². The van der Waals surface area contributed by atoms with E-state index in [1.165, 1.54) is 12.1 Å². The first-order valence-electron chi connectivity index (χ1n) is 6.96. The van der Waals surface area contributed by atoms with E-state index >= 15 is 0 Å². The van der Waals surface area contributed by atoms with E-state index in [0.717, 1.165) is 5.82 Å². The van der Waals surface area contributed by atoms with Gasteiger partial charge in [0.1, 0.15) is 11.6 Å². The summed E-state index contributed by atoms with van der Waals surface area (Å²) in [5, 5.41) is 8.96. The maximum Gasteiger partial charge on any atom is 0.338 e. The standard InChI is InChI=1S/C15H17FN2O3/c1-6-7(2)21-8(3)13(6)14-17-11-4-9(15(19)20)10(16)5-12(11)18-14/h4-8,13H,1-3H3,(H,17,18)(H,19,20). The molecule has 0 saturated carbocycles. The third kappa shape index (κ3) is 2.19. The lowest BCUT2D eigenvalue weighted by Gasteiger charge is -2.15. The van der Waals surface area contributed by atoms with Crippen LogP contribution in [-0.4, -0.2) is 33.3 Å². The SMILES string of the molecule is CC1OC(C)C(c2nc3cc(C(=O)O)c(F)cc3[nH]2)C1C. The molecule has 1 aromatic carbocycles. The average molecular weight is 292 g/mol. The number of benzene rings is 1. The summed E-state index contributed by atoms with van der Waals surface area (Å²) >= 11 is 0. The van der Waals surface area contributed by atoms with Crippen molar-refractivity contribution in [2.45, 2.75) is 38.9 Å². The Morgan fingerprint density at radius 1 is 1.33 bits per heavy atom. The Labute approximate surface area is 121 Å². The average Bonchev–Trinajstić information content (AvgIpc) is 2.89. The Hall–Kier alpha value is -1.95. The Morgan fingerprint density at radius 2 is 2.05 bits per heavy atom. The summed E-state index contributed by atoms with van der Waals surface area (Å²) in [6.45, 7) is 6.10. The number of carboxylic acid groups (broad SMARTS) is 1. The van der Waals surface area contributed by atoms with Crippen molar-refractivity contribution in [1.82, 2.24) is 9.97 Å². The first kappa shape index (κ1) is 14.0. The predicted octanol–water partition coefficient (Wildman–Crippen LogP) is 2.93. The van der Waals surface area contributed by atoms with Gasteiger partial charge in [-0.25, -0.2) is 14.2 Å². The fourth-order valence-corrected chi connectivity index (χ4v) is 3.11. The number of carbonyl (C=O) groups is 1. The summed E-state index contributed by atoms with van der Waals surface area (Å²) in [6, 6.07) is 2.45. The molecule has 0 radical (unpaired) electrons. The van der Waals surface area contributed by atoms with Gasteiger partial charge in [0.15, 0.2) is 0 Å². The normalized spacial score (nSPS) is 29.1. The number of nitrogens with one attached hydrogen (secondary N) is 1. The molecule has 2 N–H and O–H groups in total. The number of hydrogen-bond donors (Lipinski definition) is 2. The number of aromatic amines is 1. The minimum absolute atomic E-state index is 0.0133. The Bertz CT molecular complexity index is 712. The highest BCUT2D eigenvalue weighted by atomic mass is 19.1. The number of fused-ring (bicyclic) bond motifs is 1. The summed E-state index contributed by atoms with van der Waals surface area (Å²) in [6.07, 6.45) is 0.142. The number of carboxylic acids is 1. The maximum atomic E-state index is 13.7. The zero-order valence-corrected chi connectivity index (χ0v) is 12.1. The summed E-state index contributed by atoms with van der Waals surface area (Å²) < 4.78 is 19.5. The number of imidazole rings is 1. The summed E-state index contributed by atoms with van der Waals surface area (Å²) in [4.78, 5) is 18.5. The number of H-pyrrole nitrogens is 1. The fourth-order valence-electron chi connectivity index (χ4n) is 3.11. The van der Waals surface area contributed by atoms with Crippen LogP contribution in [0.4, 0.5) is 4.39 Å². The van der Waals surface area contributed by atoms with E-state index in [1.54, 1.807) is 0 Å². The second-order valence-electron chi connectivity index (χ2n) is 5.71. The second kappa shape index (κ2) is 4.80. The maximum absolute atomic E-state index is 13.7. The first-order valence-corrected chi connectivity index (χ1v) is 6.96. The smallest absolute Gasteiger partial charge is 0.338 e. The number of ether oxygens (including phenoxy) is 1. The lowest BCUT2D eigenvalue weighted by molar-refractivity contribution is 0.0553. The van der Waals surface area contributed by atoms with Crippen LogP contribution < -0.4 is 0 Å². The minimum Gasteiger partial charge on any atom is -0.478 e. The van der Waals surface area contributed by atoms with Crippen molar-refractivity contribution in [3.8, 4) is 0 Å². The van der Waals surface area contributed by atoms with E-state index in [1.807, 2.05) is 13.8 Å². The van der Waals surface area contributed by atoms with Crippen molar-refractivity contribution in [3.63, 3.8) is 0 Å².